The number of rotatable bonds is 5. The number of carbonyl (C=O) groups is 2. The zero-order valence-electron chi connectivity index (χ0n) is 13.7. The lowest BCUT2D eigenvalue weighted by molar-refractivity contribution is 0.112. The molecular weight excluding hydrogens is 433 g/mol. The fourth-order valence-electron chi connectivity index (χ4n) is 2.60. The van der Waals surface area contributed by atoms with Crippen LogP contribution in [0.1, 0.15) is 27.0 Å². The van der Waals surface area contributed by atoms with Crippen molar-refractivity contribution < 1.29 is 9.59 Å². The highest BCUT2D eigenvalue weighted by molar-refractivity contribution is 14.1. The van der Waals surface area contributed by atoms with Crippen LogP contribution in [0.25, 0.3) is 5.52 Å². The van der Waals surface area contributed by atoms with E-state index in [1.807, 2.05) is 32.0 Å². The zero-order chi connectivity index (χ0) is 18.0. The summed E-state index contributed by atoms with van der Waals surface area (Å²) in [5.41, 5.74) is 5.07. The number of hydrogen-bond acceptors (Lipinski definition) is 5. The van der Waals surface area contributed by atoms with Crippen LogP contribution in [0.5, 0.6) is 0 Å². The van der Waals surface area contributed by atoms with Gasteiger partial charge in [0.05, 0.1) is 0 Å². The first-order chi connectivity index (χ1) is 12.0. The van der Waals surface area contributed by atoms with E-state index >= 15 is 0 Å². The summed E-state index contributed by atoms with van der Waals surface area (Å²) in [5.74, 6) is 0.624. The van der Waals surface area contributed by atoms with Gasteiger partial charge >= 0.3 is 0 Å². The fourth-order valence-corrected chi connectivity index (χ4v) is 2.79. The van der Waals surface area contributed by atoms with Crippen LogP contribution in [0.3, 0.4) is 0 Å². The lowest BCUT2D eigenvalue weighted by atomic mass is 10.1. The van der Waals surface area contributed by atoms with Gasteiger partial charge in [-0.05, 0) is 36.6 Å². The number of hydrogen-bond donors (Lipinski definition) is 2. The van der Waals surface area contributed by atoms with Gasteiger partial charge < -0.3 is 10.6 Å². The molecule has 0 atom stereocenters. The van der Waals surface area contributed by atoms with E-state index in [9.17, 15) is 9.59 Å². The zero-order valence-corrected chi connectivity index (χ0v) is 15.9. The van der Waals surface area contributed by atoms with Crippen molar-refractivity contribution in [1.82, 2.24) is 19.9 Å². The molecule has 0 aliphatic heterocycles. The maximum absolute atomic E-state index is 11.2. The second-order valence-corrected chi connectivity index (χ2v) is 6.61. The maximum Gasteiger partial charge on any atom is 0.280 e. The second kappa shape index (κ2) is 7.18. The van der Waals surface area contributed by atoms with Gasteiger partial charge in [-0.2, -0.15) is 5.10 Å². The average Bonchev–Trinajstić information content (AvgIpc) is 2.92. The Morgan fingerprint density at radius 1 is 1.36 bits per heavy atom. The summed E-state index contributed by atoms with van der Waals surface area (Å²) >= 11 is 1.71. The predicted molar refractivity (Wildman–Crippen MR) is 104 cm³/mol. The van der Waals surface area contributed by atoms with Crippen molar-refractivity contribution >= 4 is 49.8 Å². The molecule has 128 valence electrons. The van der Waals surface area contributed by atoms with E-state index in [2.05, 4.69) is 20.7 Å². The molecule has 2 aromatic heterocycles. The third-order valence-corrected chi connectivity index (χ3v) is 4.36. The van der Waals surface area contributed by atoms with Crippen molar-refractivity contribution in [2.24, 2.45) is 0 Å². The van der Waals surface area contributed by atoms with E-state index < -0.39 is 0 Å². The number of fused-ring (bicyclic) bond motifs is 1. The highest BCUT2D eigenvalue weighted by atomic mass is 127. The Morgan fingerprint density at radius 3 is 2.88 bits per heavy atom. The summed E-state index contributed by atoms with van der Waals surface area (Å²) in [7, 11) is 0. The number of halogens is 1. The van der Waals surface area contributed by atoms with Gasteiger partial charge in [0.2, 0.25) is 0 Å². The molecule has 3 aromatic rings. The molecule has 0 fully saturated rings. The van der Waals surface area contributed by atoms with Crippen LogP contribution in [0.2, 0.25) is 0 Å². The molecule has 7 nitrogen and oxygen atoms in total. The molecule has 0 saturated heterocycles. The number of amides is 1. The van der Waals surface area contributed by atoms with E-state index in [1.165, 1.54) is 6.33 Å². The normalized spacial score (nSPS) is 10.7. The van der Waals surface area contributed by atoms with Crippen molar-refractivity contribution in [2.75, 3.05) is 5.32 Å². The molecule has 1 amide bonds. The molecule has 0 saturated carbocycles. The lowest BCUT2D eigenvalue weighted by Crippen LogP contribution is -2.15. The Balaban J connectivity index is 1.98. The van der Waals surface area contributed by atoms with Crippen LogP contribution in [-0.2, 0) is 6.54 Å². The van der Waals surface area contributed by atoms with Crippen molar-refractivity contribution in [3.8, 4) is 0 Å². The number of benzene rings is 1. The maximum atomic E-state index is 11.2. The average molecular weight is 449 g/mol. The molecule has 0 radical (unpaired) electrons. The van der Waals surface area contributed by atoms with Crippen molar-refractivity contribution in [3.05, 3.63) is 53.0 Å². The Hall–Kier alpha value is -2.49. The highest BCUT2D eigenvalue weighted by Crippen LogP contribution is 2.26. The SMILES string of the molecule is Cc1ccc(CNC(=O)I)cc1Nc1ncnn2cc(C=O)c(C)c12. The summed E-state index contributed by atoms with van der Waals surface area (Å²) in [5, 5.41) is 10.3. The van der Waals surface area contributed by atoms with Crippen LogP contribution < -0.4 is 10.6 Å². The minimum atomic E-state index is -0.101. The largest absolute Gasteiger partial charge is 0.343 e. The van der Waals surface area contributed by atoms with Gasteiger partial charge in [-0.15, -0.1) is 0 Å². The van der Waals surface area contributed by atoms with Gasteiger partial charge in [0, 0.05) is 46.6 Å². The third kappa shape index (κ3) is 3.63. The summed E-state index contributed by atoms with van der Waals surface area (Å²) in [6, 6.07) is 5.92. The number of aldehydes is 1. The van der Waals surface area contributed by atoms with E-state index in [0.29, 0.717) is 17.9 Å². The summed E-state index contributed by atoms with van der Waals surface area (Å²) in [4.78, 5) is 26.6. The van der Waals surface area contributed by atoms with Crippen molar-refractivity contribution in [2.45, 2.75) is 20.4 Å². The number of anilines is 2. The van der Waals surface area contributed by atoms with E-state index in [4.69, 9.17) is 0 Å². The van der Waals surface area contributed by atoms with Crippen molar-refractivity contribution in [3.63, 3.8) is 0 Å². The molecule has 3 rings (SSSR count). The van der Waals surface area contributed by atoms with Gasteiger partial charge in [-0.1, -0.05) is 12.1 Å². The summed E-state index contributed by atoms with van der Waals surface area (Å²) < 4.78 is 1.54. The van der Waals surface area contributed by atoms with Crippen LogP contribution in [-0.4, -0.2) is 24.8 Å². The lowest BCUT2D eigenvalue weighted by Gasteiger charge is -2.12. The van der Waals surface area contributed by atoms with E-state index in [-0.39, 0.29) is 3.91 Å². The first kappa shape index (κ1) is 17.3. The van der Waals surface area contributed by atoms with Gasteiger partial charge in [-0.25, -0.2) is 9.50 Å². The molecule has 0 aliphatic carbocycles. The van der Waals surface area contributed by atoms with Crippen LogP contribution in [0, 0.1) is 13.8 Å². The summed E-state index contributed by atoms with van der Waals surface area (Å²) in [6.45, 7) is 4.31. The Bertz CT molecular complexity index is 967. The quantitative estimate of drug-likeness (QED) is 0.269. The van der Waals surface area contributed by atoms with Crippen LogP contribution >= 0.6 is 22.6 Å². The molecule has 0 unspecified atom stereocenters. The molecule has 8 heteroatoms. The minimum Gasteiger partial charge on any atom is -0.343 e. The van der Waals surface area contributed by atoms with E-state index in [0.717, 1.165) is 34.2 Å². The van der Waals surface area contributed by atoms with Gasteiger partial charge in [0.25, 0.3) is 3.91 Å². The van der Waals surface area contributed by atoms with Crippen LogP contribution in [0.15, 0.2) is 30.7 Å². The first-order valence-electron chi connectivity index (χ1n) is 7.57. The van der Waals surface area contributed by atoms with Crippen molar-refractivity contribution in [1.29, 1.82) is 0 Å². The van der Waals surface area contributed by atoms with Gasteiger partial charge in [0.1, 0.15) is 11.8 Å². The molecule has 0 aliphatic rings. The van der Waals surface area contributed by atoms with Gasteiger partial charge in [0.15, 0.2) is 12.1 Å². The second-order valence-electron chi connectivity index (χ2n) is 5.63. The topological polar surface area (TPSA) is 88.4 Å². The molecule has 1 aromatic carbocycles. The molecular formula is C17H16IN5O2. The number of nitrogens with zero attached hydrogens (tertiary/aromatic N) is 3. The number of aromatic nitrogens is 3. The Kier molecular flexibility index (Phi) is 4.98. The molecule has 25 heavy (non-hydrogen) atoms. The molecule has 2 N–H and O–H groups in total. The summed E-state index contributed by atoms with van der Waals surface area (Å²) in [6.07, 6.45) is 3.94. The standard InChI is InChI=1S/C17H16IN5O2/c1-10-3-4-12(6-19-17(18)25)5-14(10)22-16-15-11(2)13(8-24)7-23(15)21-9-20-16/h3-5,7-9H,6H2,1-2H3,(H,19,25)(H,20,21,22). The first-order valence-corrected chi connectivity index (χ1v) is 8.65. The molecule has 2 heterocycles. The van der Waals surface area contributed by atoms with Crippen LogP contribution in [0.4, 0.5) is 16.3 Å². The predicted octanol–water partition coefficient (Wildman–Crippen LogP) is 3.55. The monoisotopic (exact) mass is 449 g/mol. The smallest absolute Gasteiger partial charge is 0.280 e. The van der Waals surface area contributed by atoms with E-state index in [1.54, 1.807) is 33.3 Å². The fraction of sp³-hybridized carbons (Fsp3) is 0.176. The molecule has 0 bridgehead atoms. The third-order valence-electron chi connectivity index (χ3n) is 3.98. The number of aryl methyl sites for hydroxylation is 2. The molecule has 0 spiro atoms. The Labute approximate surface area is 158 Å². The number of carbonyl (C=O) groups excluding carboxylic acids is 2. The van der Waals surface area contributed by atoms with Gasteiger partial charge in [-0.3, -0.25) is 9.59 Å². The Morgan fingerprint density at radius 2 is 2.16 bits per heavy atom. The number of nitrogens with one attached hydrogen (secondary N) is 2. The highest BCUT2D eigenvalue weighted by Gasteiger charge is 2.13. The minimum absolute atomic E-state index is 0.101.